The Morgan fingerprint density at radius 2 is 2.15 bits per heavy atom. The SMILES string of the molecule is CCc1cccc2c(N)ncnc12. The molecule has 1 aromatic heterocycles. The van der Waals surface area contributed by atoms with Crippen LogP contribution in [0.2, 0.25) is 0 Å². The van der Waals surface area contributed by atoms with Crippen LogP contribution in [0.25, 0.3) is 10.9 Å². The number of para-hydroxylation sites is 1. The first kappa shape index (κ1) is 7.98. The standard InChI is InChI=1S/C10H11N3/c1-2-7-4-3-5-8-9(7)12-6-13-10(8)11/h3-6H,2H2,1H3,(H2,11,12,13). The molecular weight excluding hydrogens is 162 g/mol. The Bertz CT molecular complexity index is 437. The number of aromatic nitrogens is 2. The maximum Gasteiger partial charge on any atom is 0.134 e. The van der Waals surface area contributed by atoms with Gasteiger partial charge in [-0.3, -0.25) is 0 Å². The molecule has 0 fully saturated rings. The monoisotopic (exact) mass is 173 g/mol. The van der Waals surface area contributed by atoms with Crippen molar-refractivity contribution >= 4 is 16.7 Å². The van der Waals surface area contributed by atoms with Crippen LogP contribution in [0.4, 0.5) is 5.82 Å². The normalized spacial score (nSPS) is 10.5. The number of nitrogens with zero attached hydrogens (tertiary/aromatic N) is 2. The molecule has 2 N–H and O–H groups in total. The first-order valence-electron chi connectivity index (χ1n) is 4.31. The van der Waals surface area contributed by atoms with Gasteiger partial charge < -0.3 is 5.73 Å². The number of fused-ring (bicyclic) bond motifs is 1. The quantitative estimate of drug-likeness (QED) is 0.715. The fraction of sp³-hybridized carbons (Fsp3) is 0.200. The summed E-state index contributed by atoms with van der Waals surface area (Å²) in [7, 11) is 0. The van der Waals surface area contributed by atoms with Gasteiger partial charge >= 0.3 is 0 Å². The van der Waals surface area contributed by atoms with E-state index in [1.165, 1.54) is 11.9 Å². The Labute approximate surface area is 76.6 Å². The number of nitrogens with two attached hydrogens (primary N) is 1. The maximum atomic E-state index is 5.73. The van der Waals surface area contributed by atoms with Crippen LogP contribution < -0.4 is 5.73 Å². The lowest BCUT2D eigenvalue weighted by atomic mass is 10.1. The number of aryl methyl sites for hydroxylation is 1. The van der Waals surface area contributed by atoms with Crippen LogP contribution in [0.5, 0.6) is 0 Å². The van der Waals surface area contributed by atoms with E-state index in [-0.39, 0.29) is 0 Å². The fourth-order valence-corrected chi connectivity index (χ4v) is 1.45. The Hall–Kier alpha value is -1.64. The van der Waals surface area contributed by atoms with Crippen molar-refractivity contribution in [3.8, 4) is 0 Å². The lowest BCUT2D eigenvalue weighted by Gasteiger charge is -2.03. The molecule has 0 amide bonds. The van der Waals surface area contributed by atoms with Crippen LogP contribution >= 0.6 is 0 Å². The average Bonchev–Trinajstić information content (AvgIpc) is 2.18. The van der Waals surface area contributed by atoms with Crippen molar-refractivity contribution < 1.29 is 0 Å². The highest BCUT2D eigenvalue weighted by Gasteiger charge is 2.02. The highest BCUT2D eigenvalue weighted by atomic mass is 14.9. The van der Waals surface area contributed by atoms with Gasteiger partial charge in [0, 0.05) is 5.39 Å². The Balaban J connectivity index is 2.84. The largest absolute Gasteiger partial charge is 0.383 e. The second-order valence-electron chi connectivity index (χ2n) is 2.93. The third-order valence-electron chi connectivity index (χ3n) is 2.16. The summed E-state index contributed by atoms with van der Waals surface area (Å²) >= 11 is 0. The summed E-state index contributed by atoms with van der Waals surface area (Å²) in [5.41, 5.74) is 7.91. The minimum atomic E-state index is 0.556. The molecule has 0 radical (unpaired) electrons. The van der Waals surface area contributed by atoms with Gasteiger partial charge in [0.1, 0.15) is 12.1 Å². The fourth-order valence-electron chi connectivity index (χ4n) is 1.45. The molecule has 2 rings (SSSR count). The summed E-state index contributed by atoms with van der Waals surface area (Å²) < 4.78 is 0. The topological polar surface area (TPSA) is 51.8 Å². The number of rotatable bonds is 1. The number of hydrogen-bond donors (Lipinski definition) is 1. The summed E-state index contributed by atoms with van der Waals surface area (Å²) in [6.07, 6.45) is 2.48. The zero-order valence-electron chi connectivity index (χ0n) is 7.49. The van der Waals surface area contributed by atoms with E-state index in [1.54, 1.807) is 0 Å². The number of nitrogen functional groups attached to an aromatic ring is 1. The molecule has 0 aliphatic heterocycles. The third-order valence-corrected chi connectivity index (χ3v) is 2.16. The molecule has 1 heterocycles. The molecule has 2 aromatic rings. The van der Waals surface area contributed by atoms with Crippen molar-refractivity contribution in [1.82, 2.24) is 9.97 Å². The van der Waals surface area contributed by atoms with E-state index in [2.05, 4.69) is 23.0 Å². The predicted octanol–water partition coefficient (Wildman–Crippen LogP) is 1.77. The number of benzene rings is 1. The number of anilines is 1. The first-order chi connectivity index (χ1) is 6.33. The molecule has 3 nitrogen and oxygen atoms in total. The summed E-state index contributed by atoms with van der Waals surface area (Å²) in [5.74, 6) is 0.556. The average molecular weight is 173 g/mol. The molecule has 13 heavy (non-hydrogen) atoms. The molecule has 0 saturated heterocycles. The summed E-state index contributed by atoms with van der Waals surface area (Å²) in [6.45, 7) is 2.10. The minimum absolute atomic E-state index is 0.556. The van der Waals surface area contributed by atoms with E-state index in [0.717, 1.165) is 17.3 Å². The van der Waals surface area contributed by atoms with Gasteiger partial charge in [0.05, 0.1) is 5.52 Å². The zero-order chi connectivity index (χ0) is 9.26. The van der Waals surface area contributed by atoms with Crippen molar-refractivity contribution in [1.29, 1.82) is 0 Å². The molecule has 0 unspecified atom stereocenters. The van der Waals surface area contributed by atoms with Crippen molar-refractivity contribution in [2.45, 2.75) is 13.3 Å². The lowest BCUT2D eigenvalue weighted by molar-refractivity contribution is 1.13. The van der Waals surface area contributed by atoms with E-state index < -0.39 is 0 Å². The smallest absolute Gasteiger partial charge is 0.134 e. The predicted molar refractivity (Wildman–Crippen MR) is 53.3 cm³/mol. The highest BCUT2D eigenvalue weighted by molar-refractivity contribution is 5.89. The lowest BCUT2D eigenvalue weighted by Crippen LogP contribution is -1.95. The van der Waals surface area contributed by atoms with Gasteiger partial charge in [-0.2, -0.15) is 0 Å². The van der Waals surface area contributed by atoms with Gasteiger partial charge in [-0.05, 0) is 18.1 Å². The molecule has 0 bridgehead atoms. The van der Waals surface area contributed by atoms with Crippen molar-refractivity contribution in [2.24, 2.45) is 0 Å². The molecular formula is C10H11N3. The summed E-state index contributed by atoms with van der Waals surface area (Å²) in [5, 5.41) is 0.946. The molecule has 0 spiro atoms. The van der Waals surface area contributed by atoms with Crippen molar-refractivity contribution in [3.05, 3.63) is 30.1 Å². The zero-order valence-corrected chi connectivity index (χ0v) is 7.49. The van der Waals surface area contributed by atoms with Crippen LogP contribution in [-0.2, 0) is 6.42 Å². The Morgan fingerprint density at radius 1 is 1.31 bits per heavy atom. The van der Waals surface area contributed by atoms with Crippen molar-refractivity contribution in [2.75, 3.05) is 5.73 Å². The van der Waals surface area contributed by atoms with Crippen LogP contribution in [0.3, 0.4) is 0 Å². The molecule has 66 valence electrons. The molecule has 3 heteroatoms. The molecule has 0 aliphatic rings. The first-order valence-corrected chi connectivity index (χ1v) is 4.31. The van der Waals surface area contributed by atoms with Crippen LogP contribution in [-0.4, -0.2) is 9.97 Å². The van der Waals surface area contributed by atoms with Crippen LogP contribution in [0.15, 0.2) is 24.5 Å². The van der Waals surface area contributed by atoms with E-state index in [1.807, 2.05) is 12.1 Å². The van der Waals surface area contributed by atoms with Crippen LogP contribution in [0.1, 0.15) is 12.5 Å². The van der Waals surface area contributed by atoms with Gasteiger partial charge in [-0.15, -0.1) is 0 Å². The van der Waals surface area contributed by atoms with Gasteiger partial charge in [-0.25, -0.2) is 9.97 Å². The minimum Gasteiger partial charge on any atom is -0.383 e. The molecule has 0 saturated carbocycles. The van der Waals surface area contributed by atoms with Gasteiger partial charge in [0.25, 0.3) is 0 Å². The second-order valence-corrected chi connectivity index (χ2v) is 2.93. The Morgan fingerprint density at radius 3 is 2.92 bits per heavy atom. The Kier molecular flexibility index (Phi) is 1.85. The third kappa shape index (κ3) is 1.22. The second kappa shape index (κ2) is 3.01. The molecule has 0 atom stereocenters. The van der Waals surface area contributed by atoms with Crippen LogP contribution in [0, 0.1) is 0 Å². The van der Waals surface area contributed by atoms with E-state index in [0.29, 0.717) is 5.82 Å². The summed E-state index contributed by atoms with van der Waals surface area (Å²) in [4.78, 5) is 8.17. The van der Waals surface area contributed by atoms with E-state index in [9.17, 15) is 0 Å². The van der Waals surface area contributed by atoms with E-state index >= 15 is 0 Å². The van der Waals surface area contributed by atoms with Gasteiger partial charge in [0.15, 0.2) is 0 Å². The number of hydrogen-bond acceptors (Lipinski definition) is 3. The van der Waals surface area contributed by atoms with Crippen molar-refractivity contribution in [3.63, 3.8) is 0 Å². The van der Waals surface area contributed by atoms with Gasteiger partial charge in [-0.1, -0.05) is 19.1 Å². The maximum absolute atomic E-state index is 5.73. The molecule has 0 aliphatic carbocycles. The van der Waals surface area contributed by atoms with Gasteiger partial charge in [0.2, 0.25) is 0 Å². The summed E-state index contributed by atoms with van der Waals surface area (Å²) in [6, 6.07) is 6.00. The highest BCUT2D eigenvalue weighted by Crippen LogP contribution is 2.19. The van der Waals surface area contributed by atoms with E-state index in [4.69, 9.17) is 5.73 Å². The molecule has 1 aromatic carbocycles.